The van der Waals surface area contributed by atoms with Crippen molar-refractivity contribution < 1.29 is 0 Å². The highest BCUT2D eigenvalue weighted by Gasteiger charge is 2.45. The van der Waals surface area contributed by atoms with Crippen molar-refractivity contribution in [1.29, 1.82) is 0 Å². The number of rotatable bonds is 4. The highest BCUT2D eigenvalue weighted by molar-refractivity contribution is 5.00. The molecule has 0 aromatic rings. The van der Waals surface area contributed by atoms with Crippen molar-refractivity contribution in [1.82, 2.24) is 4.90 Å². The van der Waals surface area contributed by atoms with Crippen LogP contribution >= 0.6 is 0 Å². The third-order valence-electron chi connectivity index (χ3n) is 4.39. The Kier molecular flexibility index (Phi) is 3.33. The van der Waals surface area contributed by atoms with E-state index in [1.807, 2.05) is 0 Å². The van der Waals surface area contributed by atoms with E-state index in [1.165, 1.54) is 19.3 Å². The predicted molar refractivity (Wildman–Crippen MR) is 63.2 cm³/mol. The van der Waals surface area contributed by atoms with E-state index in [0.717, 1.165) is 31.5 Å². The van der Waals surface area contributed by atoms with Crippen LogP contribution in [0.1, 0.15) is 26.2 Å². The SMILES string of the molecule is C#CCN(CC)CC1C2CCC(C2)C1N. The van der Waals surface area contributed by atoms with E-state index < -0.39 is 0 Å². The van der Waals surface area contributed by atoms with Crippen LogP contribution in [0.4, 0.5) is 0 Å². The predicted octanol–water partition coefficient (Wildman–Crippen LogP) is 1.31. The van der Waals surface area contributed by atoms with Crippen molar-refractivity contribution in [2.45, 2.75) is 32.2 Å². The summed E-state index contributed by atoms with van der Waals surface area (Å²) in [6, 6.07) is 0.440. The topological polar surface area (TPSA) is 29.3 Å². The molecule has 2 nitrogen and oxygen atoms in total. The molecule has 0 saturated heterocycles. The zero-order valence-electron chi connectivity index (χ0n) is 9.65. The van der Waals surface area contributed by atoms with Crippen LogP contribution in [0, 0.1) is 30.1 Å². The van der Waals surface area contributed by atoms with Gasteiger partial charge in [0.1, 0.15) is 0 Å². The third-order valence-corrected chi connectivity index (χ3v) is 4.39. The minimum Gasteiger partial charge on any atom is -0.327 e. The van der Waals surface area contributed by atoms with Gasteiger partial charge >= 0.3 is 0 Å². The molecule has 2 saturated carbocycles. The Morgan fingerprint density at radius 3 is 2.67 bits per heavy atom. The quantitative estimate of drug-likeness (QED) is 0.703. The van der Waals surface area contributed by atoms with Crippen LogP contribution in [-0.2, 0) is 0 Å². The lowest BCUT2D eigenvalue weighted by Crippen LogP contribution is -2.43. The standard InChI is InChI=1S/C13H22N2/c1-3-7-15(4-2)9-12-10-5-6-11(8-10)13(12)14/h1,10-13H,4-9,14H2,2H3. The van der Waals surface area contributed by atoms with Gasteiger partial charge in [-0.15, -0.1) is 6.42 Å². The Balaban J connectivity index is 1.91. The molecule has 2 aliphatic carbocycles. The van der Waals surface area contributed by atoms with E-state index in [9.17, 15) is 0 Å². The molecule has 15 heavy (non-hydrogen) atoms. The van der Waals surface area contributed by atoms with Gasteiger partial charge in [0.15, 0.2) is 0 Å². The van der Waals surface area contributed by atoms with Crippen LogP contribution in [0.25, 0.3) is 0 Å². The average Bonchev–Trinajstić information content (AvgIpc) is 2.81. The molecule has 2 bridgehead atoms. The molecule has 2 heteroatoms. The first-order valence-corrected chi connectivity index (χ1v) is 6.17. The summed E-state index contributed by atoms with van der Waals surface area (Å²) in [4.78, 5) is 2.35. The highest BCUT2D eigenvalue weighted by Crippen LogP contribution is 2.47. The van der Waals surface area contributed by atoms with Crippen molar-refractivity contribution >= 4 is 0 Å². The van der Waals surface area contributed by atoms with Crippen LogP contribution in [0.15, 0.2) is 0 Å². The fourth-order valence-electron chi connectivity index (χ4n) is 3.46. The molecule has 0 radical (unpaired) electrons. The normalized spacial score (nSPS) is 38.5. The van der Waals surface area contributed by atoms with E-state index in [4.69, 9.17) is 12.2 Å². The molecule has 4 unspecified atom stereocenters. The van der Waals surface area contributed by atoms with Crippen molar-refractivity contribution in [3.8, 4) is 12.3 Å². The molecule has 2 fully saturated rings. The summed E-state index contributed by atoms with van der Waals surface area (Å²) in [5, 5.41) is 0. The summed E-state index contributed by atoms with van der Waals surface area (Å²) in [7, 11) is 0. The molecule has 0 aromatic heterocycles. The van der Waals surface area contributed by atoms with Crippen LogP contribution in [0.3, 0.4) is 0 Å². The molecule has 2 N–H and O–H groups in total. The zero-order chi connectivity index (χ0) is 10.8. The maximum atomic E-state index is 6.28. The van der Waals surface area contributed by atoms with Gasteiger partial charge in [-0.25, -0.2) is 0 Å². The second kappa shape index (κ2) is 4.55. The van der Waals surface area contributed by atoms with E-state index in [1.54, 1.807) is 0 Å². The molecule has 0 aromatic carbocycles. The van der Waals surface area contributed by atoms with Crippen LogP contribution < -0.4 is 5.73 Å². The Hall–Kier alpha value is -0.520. The molecule has 84 valence electrons. The van der Waals surface area contributed by atoms with Crippen LogP contribution in [0.5, 0.6) is 0 Å². The Labute approximate surface area is 93.2 Å². The van der Waals surface area contributed by atoms with Gasteiger partial charge in [0.05, 0.1) is 6.54 Å². The fraction of sp³-hybridized carbons (Fsp3) is 0.846. The number of hydrogen-bond donors (Lipinski definition) is 1. The van der Waals surface area contributed by atoms with Crippen molar-refractivity contribution in [2.75, 3.05) is 19.6 Å². The molecule has 0 spiro atoms. The summed E-state index contributed by atoms with van der Waals surface area (Å²) in [5.41, 5.74) is 6.28. The molecule has 4 atom stereocenters. The van der Waals surface area contributed by atoms with Crippen LogP contribution in [-0.4, -0.2) is 30.6 Å². The van der Waals surface area contributed by atoms with Crippen molar-refractivity contribution in [3.05, 3.63) is 0 Å². The maximum absolute atomic E-state index is 6.28. The van der Waals surface area contributed by atoms with Gasteiger partial charge in [-0.1, -0.05) is 12.8 Å². The van der Waals surface area contributed by atoms with Gasteiger partial charge in [0.2, 0.25) is 0 Å². The summed E-state index contributed by atoms with van der Waals surface area (Å²) in [6.45, 7) is 5.11. The number of nitrogens with zero attached hydrogens (tertiary/aromatic N) is 1. The number of fused-ring (bicyclic) bond motifs is 2. The van der Waals surface area contributed by atoms with Crippen molar-refractivity contribution in [2.24, 2.45) is 23.5 Å². The molecule has 0 aliphatic heterocycles. The van der Waals surface area contributed by atoms with E-state index >= 15 is 0 Å². The smallest absolute Gasteiger partial charge is 0.0598 e. The Morgan fingerprint density at radius 2 is 2.13 bits per heavy atom. The summed E-state index contributed by atoms with van der Waals surface area (Å²) in [6.07, 6.45) is 9.51. The monoisotopic (exact) mass is 206 g/mol. The summed E-state index contributed by atoms with van der Waals surface area (Å²) < 4.78 is 0. The second-order valence-corrected chi connectivity index (χ2v) is 5.11. The van der Waals surface area contributed by atoms with E-state index in [0.29, 0.717) is 12.0 Å². The first-order chi connectivity index (χ1) is 7.26. The first kappa shape index (κ1) is 11.0. The van der Waals surface area contributed by atoms with Crippen LogP contribution in [0.2, 0.25) is 0 Å². The van der Waals surface area contributed by atoms with Gasteiger partial charge in [-0.2, -0.15) is 0 Å². The Morgan fingerprint density at radius 1 is 1.40 bits per heavy atom. The third kappa shape index (κ3) is 2.04. The largest absolute Gasteiger partial charge is 0.327 e. The first-order valence-electron chi connectivity index (χ1n) is 6.17. The number of nitrogens with two attached hydrogens (primary N) is 1. The molecular weight excluding hydrogens is 184 g/mol. The lowest BCUT2D eigenvalue weighted by Gasteiger charge is -2.32. The highest BCUT2D eigenvalue weighted by atomic mass is 15.1. The lowest BCUT2D eigenvalue weighted by molar-refractivity contribution is 0.193. The van der Waals surface area contributed by atoms with Crippen molar-refractivity contribution in [3.63, 3.8) is 0 Å². The molecule has 2 rings (SSSR count). The number of terminal acetylenes is 1. The van der Waals surface area contributed by atoms with E-state index in [-0.39, 0.29) is 0 Å². The average molecular weight is 206 g/mol. The minimum atomic E-state index is 0.440. The molecular formula is C13H22N2. The summed E-state index contributed by atoms with van der Waals surface area (Å²) in [5.74, 6) is 5.14. The molecule has 0 amide bonds. The minimum absolute atomic E-state index is 0.440. The second-order valence-electron chi connectivity index (χ2n) is 5.11. The van der Waals surface area contributed by atoms with Gasteiger partial charge in [0.25, 0.3) is 0 Å². The van der Waals surface area contributed by atoms with Gasteiger partial charge in [-0.05, 0) is 43.6 Å². The number of hydrogen-bond acceptors (Lipinski definition) is 2. The van der Waals surface area contributed by atoms with Gasteiger partial charge in [-0.3, -0.25) is 4.90 Å². The zero-order valence-corrected chi connectivity index (χ0v) is 9.65. The van der Waals surface area contributed by atoms with Gasteiger partial charge in [0, 0.05) is 12.6 Å². The lowest BCUT2D eigenvalue weighted by atomic mass is 9.84. The summed E-state index contributed by atoms with van der Waals surface area (Å²) >= 11 is 0. The fourth-order valence-corrected chi connectivity index (χ4v) is 3.46. The molecule has 2 aliphatic rings. The van der Waals surface area contributed by atoms with E-state index in [2.05, 4.69) is 17.7 Å². The van der Waals surface area contributed by atoms with Gasteiger partial charge < -0.3 is 5.73 Å². The maximum Gasteiger partial charge on any atom is 0.0598 e. The Bertz CT molecular complexity index is 254. The molecule has 0 heterocycles.